The van der Waals surface area contributed by atoms with E-state index in [1.807, 2.05) is 19.1 Å². The summed E-state index contributed by atoms with van der Waals surface area (Å²) in [4.78, 5) is 10.9. The van der Waals surface area contributed by atoms with Crippen molar-refractivity contribution in [1.82, 2.24) is 20.2 Å². The molecule has 1 aliphatic heterocycles. The number of H-pyrrole nitrogens is 1. The van der Waals surface area contributed by atoms with Gasteiger partial charge in [0.25, 0.3) is 0 Å². The van der Waals surface area contributed by atoms with Crippen LogP contribution >= 0.6 is 11.6 Å². The third-order valence-electron chi connectivity index (χ3n) is 3.66. The monoisotopic (exact) mass is 302 g/mol. The van der Waals surface area contributed by atoms with Crippen LogP contribution < -0.4 is 4.90 Å². The van der Waals surface area contributed by atoms with E-state index in [0.29, 0.717) is 5.02 Å². The highest BCUT2D eigenvalue weighted by Gasteiger charge is 2.25. The van der Waals surface area contributed by atoms with Gasteiger partial charge in [0.15, 0.2) is 11.5 Å². The highest BCUT2D eigenvalue weighted by Crippen LogP contribution is 2.28. The summed E-state index contributed by atoms with van der Waals surface area (Å²) in [6.07, 6.45) is 2.11. The first-order valence-corrected chi connectivity index (χ1v) is 7.25. The van der Waals surface area contributed by atoms with Gasteiger partial charge in [-0.2, -0.15) is 10.4 Å². The summed E-state index contributed by atoms with van der Waals surface area (Å²) in [5.41, 5.74) is 0.269. The molecule has 21 heavy (non-hydrogen) atoms. The maximum absolute atomic E-state index is 9.03. The van der Waals surface area contributed by atoms with Crippen LogP contribution in [0.2, 0.25) is 5.02 Å². The average molecular weight is 303 g/mol. The summed E-state index contributed by atoms with van der Waals surface area (Å²) >= 11 is 5.93. The van der Waals surface area contributed by atoms with Crippen molar-refractivity contribution in [2.45, 2.75) is 25.7 Å². The van der Waals surface area contributed by atoms with Crippen molar-refractivity contribution in [2.24, 2.45) is 0 Å². The largest absolute Gasteiger partial charge is 0.356 e. The Labute approximate surface area is 127 Å². The normalized spacial score (nSPS) is 18.5. The molecule has 0 amide bonds. The quantitative estimate of drug-likeness (QED) is 0.921. The minimum absolute atomic E-state index is 0.269. The molecule has 2 aromatic heterocycles. The third kappa shape index (κ3) is 2.83. The molecule has 3 heterocycles. The van der Waals surface area contributed by atoms with Gasteiger partial charge in [0.1, 0.15) is 17.7 Å². The van der Waals surface area contributed by atoms with E-state index in [1.165, 1.54) is 0 Å². The molecule has 1 unspecified atom stereocenters. The summed E-state index contributed by atoms with van der Waals surface area (Å²) in [6, 6.07) is 5.60. The van der Waals surface area contributed by atoms with Crippen molar-refractivity contribution in [1.29, 1.82) is 5.26 Å². The van der Waals surface area contributed by atoms with Crippen LogP contribution in [0, 0.1) is 18.3 Å². The number of piperidine rings is 1. The van der Waals surface area contributed by atoms with Crippen LogP contribution in [-0.2, 0) is 0 Å². The smallest absolute Gasteiger partial charge is 0.161 e. The standard InChI is InChI=1S/C14H15ClN6/c1-9-17-14(20-19-9)10-3-2-6-21(8-10)13-5-4-11(15)12(7-16)18-13/h4-5,10H,2-3,6,8H2,1H3,(H,17,19,20). The van der Waals surface area contributed by atoms with Gasteiger partial charge >= 0.3 is 0 Å². The zero-order chi connectivity index (χ0) is 14.8. The fourth-order valence-electron chi connectivity index (χ4n) is 2.62. The van der Waals surface area contributed by atoms with Crippen LogP contribution in [0.1, 0.15) is 36.1 Å². The molecular weight excluding hydrogens is 288 g/mol. The molecule has 108 valence electrons. The third-order valence-corrected chi connectivity index (χ3v) is 3.97. The fourth-order valence-corrected chi connectivity index (χ4v) is 2.77. The minimum atomic E-state index is 0.269. The molecule has 0 saturated carbocycles. The molecule has 1 aliphatic rings. The van der Waals surface area contributed by atoms with Gasteiger partial charge in [-0.05, 0) is 31.9 Å². The summed E-state index contributed by atoms with van der Waals surface area (Å²) in [5.74, 6) is 2.75. The average Bonchev–Trinajstić information content (AvgIpc) is 2.94. The van der Waals surface area contributed by atoms with E-state index in [1.54, 1.807) is 6.07 Å². The number of aromatic amines is 1. The van der Waals surface area contributed by atoms with Crippen molar-refractivity contribution in [3.63, 3.8) is 0 Å². The van der Waals surface area contributed by atoms with Crippen molar-refractivity contribution in [3.8, 4) is 6.07 Å². The Balaban J connectivity index is 1.81. The predicted octanol–water partition coefficient (Wildman–Crippen LogP) is 2.42. The van der Waals surface area contributed by atoms with Crippen LogP contribution in [0.15, 0.2) is 12.1 Å². The van der Waals surface area contributed by atoms with Crippen LogP contribution in [0.4, 0.5) is 5.82 Å². The molecule has 6 nitrogen and oxygen atoms in total. The minimum Gasteiger partial charge on any atom is -0.356 e. The number of nitriles is 1. The van der Waals surface area contributed by atoms with Gasteiger partial charge < -0.3 is 4.90 Å². The van der Waals surface area contributed by atoms with E-state index in [4.69, 9.17) is 16.9 Å². The van der Waals surface area contributed by atoms with E-state index >= 15 is 0 Å². The molecular formula is C14H15ClN6. The number of hydrogen-bond donors (Lipinski definition) is 1. The van der Waals surface area contributed by atoms with Gasteiger partial charge in [-0.1, -0.05) is 11.6 Å². The first kappa shape index (κ1) is 13.8. The highest BCUT2D eigenvalue weighted by atomic mass is 35.5. The van der Waals surface area contributed by atoms with Crippen molar-refractivity contribution in [2.75, 3.05) is 18.0 Å². The molecule has 2 aromatic rings. The van der Waals surface area contributed by atoms with Gasteiger partial charge in [0.05, 0.1) is 5.02 Å². The van der Waals surface area contributed by atoms with Crippen LogP contribution in [0.5, 0.6) is 0 Å². The van der Waals surface area contributed by atoms with E-state index in [0.717, 1.165) is 43.4 Å². The lowest BCUT2D eigenvalue weighted by Gasteiger charge is -2.32. The van der Waals surface area contributed by atoms with Crippen LogP contribution in [0.3, 0.4) is 0 Å². The van der Waals surface area contributed by atoms with Crippen LogP contribution in [-0.4, -0.2) is 33.3 Å². The maximum Gasteiger partial charge on any atom is 0.161 e. The van der Waals surface area contributed by atoms with Crippen molar-refractivity contribution in [3.05, 3.63) is 34.5 Å². The van der Waals surface area contributed by atoms with Crippen molar-refractivity contribution < 1.29 is 0 Å². The molecule has 1 fully saturated rings. The Kier molecular flexibility index (Phi) is 3.76. The first-order chi connectivity index (χ1) is 10.2. The number of aromatic nitrogens is 4. The molecule has 0 aliphatic carbocycles. The zero-order valence-corrected chi connectivity index (χ0v) is 12.4. The van der Waals surface area contributed by atoms with E-state index < -0.39 is 0 Å². The summed E-state index contributed by atoms with van der Waals surface area (Å²) in [7, 11) is 0. The number of nitrogens with zero attached hydrogens (tertiary/aromatic N) is 5. The number of nitrogens with one attached hydrogen (secondary N) is 1. The molecule has 0 spiro atoms. The Bertz CT molecular complexity index is 689. The maximum atomic E-state index is 9.03. The summed E-state index contributed by atoms with van der Waals surface area (Å²) < 4.78 is 0. The topological polar surface area (TPSA) is 81.5 Å². The number of anilines is 1. The van der Waals surface area contributed by atoms with E-state index in [9.17, 15) is 0 Å². The molecule has 0 radical (unpaired) electrons. The Morgan fingerprint density at radius 2 is 2.29 bits per heavy atom. The lowest BCUT2D eigenvalue weighted by Crippen LogP contribution is -2.35. The lowest BCUT2D eigenvalue weighted by atomic mass is 9.97. The molecule has 1 atom stereocenters. The highest BCUT2D eigenvalue weighted by molar-refractivity contribution is 6.31. The zero-order valence-electron chi connectivity index (χ0n) is 11.7. The Morgan fingerprint density at radius 3 is 3.00 bits per heavy atom. The molecule has 1 N–H and O–H groups in total. The molecule has 3 rings (SSSR count). The number of halogens is 1. The molecule has 1 saturated heterocycles. The second-order valence-corrected chi connectivity index (χ2v) is 5.58. The molecule has 0 aromatic carbocycles. The SMILES string of the molecule is Cc1nc(C2CCCN(c3ccc(Cl)c(C#N)n3)C2)n[nH]1. The Hall–Kier alpha value is -2.13. The number of hydrogen-bond acceptors (Lipinski definition) is 5. The fraction of sp³-hybridized carbons (Fsp3) is 0.429. The van der Waals surface area contributed by atoms with Gasteiger partial charge in [-0.25, -0.2) is 9.97 Å². The number of rotatable bonds is 2. The predicted molar refractivity (Wildman–Crippen MR) is 79.3 cm³/mol. The lowest BCUT2D eigenvalue weighted by molar-refractivity contribution is 0.489. The van der Waals surface area contributed by atoms with E-state index in [2.05, 4.69) is 25.1 Å². The van der Waals surface area contributed by atoms with Crippen molar-refractivity contribution >= 4 is 17.4 Å². The first-order valence-electron chi connectivity index (χ1n) is 6.88. The second-order valence-electron chi connectivity index (χ2n) is 5.18. The van der Waals surface area contributed by atoms with Crippen LogP contribution in [0.25, 0.3) is 0 Å². The number of aryl methyl sites for hydroxylation is 1. The van der Waals surface area contributed by atoms with Gasteiger partial charge in [-0.3, -0.25) is 5.10 Å². The van der Waals surface area contributed by atoms with Gasteiger partial charge in [0, 0.05) is 19.0 Å². The van der Waals surface area contributed by atoms with E-state index in [-0.39, 0.29) is 11.6 Å². The van der Waals surface area contributed by atoms with Gasteiger partial charge in [0.2, 0.25) is 0 Å². The molecule has 7 heteroatoms. The summed E-state index contributed by atoms with van der Waals surface area (Å²) in [6.45, 7) is 3.62. The second kappa shape index (κ2) is 5.70. The number of pyridine rings is 1. The summed E-state index contributed by atoms with van der Waals surface area (Å²) in [5, 5.41) is 16.6. The van der Waals surface area contributed by atoms with Gasteiger partial charge in [-0.15, -0.1) is 0 Å². The Morgan fingerprint density at radius 1 is 1.43 bits per heavy atom. The molecule has 0 bridgehead atoms.